The number of aliphatic hydroxyl groups is 1. The number of hydrogen-bond acceptors (Lipinski definition) is 2. The molecule has 1 aliphatic carbocycles. The van der Waals surface area contributed by atoms with Gasteiger partial charge in [-0.05, 0) is 43.4 Å². The Balaban J connectivity index is 2.00. The number of hydrogen-bond donors (Lipinski definition) is 1. The third kappa shape index (κ3) is 2.22. The Bertz CT molecular complexity index is 626. The molecule has 104 valence electrons. The molecular weight excluding hydrogens is 253 g/mol. The maximum atomic E-state index is 14.2. The maximum absolute atomic E-state index is 14.2. The molecule has 2 nitrogen and oxygen atoms in total. The van der Waals surface area contributed by atoms with Gasteiger partial charge in [0.2, 0.25) is 0 Å². The molecule has 0 radical (unpaired) electrons. The highest BCUT2D eigenvalue weighted by molar-refractivity contribution is 5.33. The second-order valence-electron chi connectivity index (χ2n) is 5.47. The Labute approximate surface area is 118 Å². The molecule has 0 saturated heterocycles. The topological polar surface area (TPSA) is 33.1 Å². The van der Waals surface area contributed by atoms with Crippen molar-refractivity contribution in [3.8, 4) is 0 Å². The lowest BCUT2D eigenvalue weighted by Gasteiger charge is -2.28. The standard InChI is InChI=1S/C17H18FNO/c1-11-5-2-8-13(15(11)18)17(20)14-9-3-6-12-7-4-10-19-16(12)14/h2,4-5,7-8,10,14,17,20H,3,6,9H2,1H3. The molecule has 0 spiro atoms. The molecule has 0 amide bonds. The smallest absolute Gasteiger partial charge is 0.131 e. The Kier molecular flexibility index (Phi) is 3.53. The van der Waals surface area contributed by atoms with Crippen LogP contribution in [0.4, 0.5) is 4.39 Å². The Morgan fingerprint density at radius 1 is 1.30 bits per heavy atom. The quantitative estimate of drug-likeness (QED) is 0.903. The highest BCUT2D eigenvalue weighted by Crippen LogP contribution is 2.40. The number of aromatic nitrogens is 1. The molecule has 2 unspecified atom stereocenters. The van der Waals surface area contributed by atoms with Crippen LogP contribution in [0, 0.1) is 12.7 Å². The van der Waals surface area contributed by atoms with Gasteiger partial charge in [0.15, 0.2) is 0 Å². The van der Waals surface area contributed by atoms with Gasteiger partial charge in [0.25, 0.3) is 0 Å². The summed E-state index contributed by atoms with van der Waals surface area (Å²) in [7, 11) is 0. The van der Waals surface area contributed by atoms with E-state index in [4.69, 9.17) is 0 Å². The van der Waals surface area contributed by atoms with Gasteiger partial charge in [0.1, 0.15) is 5.82 Å². The highest BCUT2D eigenvalue weighted by atomic mass is 19.1. The third-order valence-corrected chi connectivity index (χ3v) is 4.16. The summed E-state index contributed by atoms with van der Waals surface area (Å²) in [5, 5.41) is 10.6. The van der Waals surface area contributed by atoms with Crippen molar-refractivity contribution in [2.45, 2.75) is 38.2 Å². The van der Waals surface area contributed by atoms with Crippen LogP contribution in [0.15, 0.2) is 36.5 Å². The van der Waals surface area contributed by atoms with Gasteiger partial charge in [-0.15, -0.1) is 0 Å². The summed E-state index contributed by atoms with van der Waals surface area (Å²) in [6, 6.07) is 9.15. The fraction of sp³-hybridized carbons (Fsp3) is 0.353. The van der Waals surface area contributed by atoms with Gasteiger partial charge >= 0.3 is 0 Å². The second-order valence-corrected chi connectivity index (χ2v) is 5.47. The molecule has 1 heterocycles. The molecule has 1 aromatic carbocycles. The molecule has 3 rings (SSSR count). The summed E-state index contributed by atoms with van der Waals surface area (Å²) < 4.78 is 14.2. The minimum absolute atomic E-state index is 0.115. The number of nitrogens with zero attached hydrogens (tertiary/aromatic N) is 1. The van der Waals surface area contributed by atoms with Gasteiger partial charge < -0.3 is 5.11 Å². The van der Waals surface area contributed by atoms with Crippen LogP contribution in [0.1, 0.15) is 47.2 Å². The van der Waals surface area contributed by atoms with E-state index in [0.29, 0.717) is 11.1 Å². The summed E-state index contributed by atoms with van der Waals surface area (Å²) in [5.41, 5.74) is 3.05. The lowest BCUT2D eigenvalue weighted by Crippen LogP contribution is -2.19. The average molecular weight is 271 g/mol. The number of pyridine rings is 1. The molecule has 1 aliphatic rings. The van der Waals surface area contributed by atoms with Gasteiger partial charge in [-0.2, -0.15) is 0 Å². The zero-order chi connectivity index (χ0) is 14.1. The first-order chi connectivity index (χ1) is 9.68. The molecule has 3 heteroatoms. The Hall–Kier alpha value is -1.74. The predicted molar refractivity (Wildman–Crippen MR) is 76.0 cm³/mol. The molecule has 20 heavy (non-hydrogen) atoms. The van der Waals surface area contributed by atoms with Crippen molar-refractivity contribution in [2.75, 3.05) is 0 Å². The zero-order valence-electron chi connectivity index (χ0n) is 11.5. The van der Waals surface area contributed by atoms with Crippen LogP contribution < -0.4 is 0 Å². The Morgan fingerprint density at radius 2 is 2.15 bits per heavy atom. The molecule has 0 aliphatic heterocycles. The molecule has 2 atom stereocenters. The van der Waals surface area contributed by atoms with Crippen LogP contribution in [-0.4, -0.2) is 10.1 Å². The first-order valence-corrected chi connectivity index (χ1v) is 7.05. The average Bonchev–Trinajstić information content (AvgIpc) is 2.49. The Morgan fingerprint density at radius 3 is 3.00 bits per heavy atom. The summed E-state index contributed by atoms with van der Waals surface area (Å²) in [6.45, 7) is 1.72. The molecule has 2 aromatic rings. The number of fused-ring (bicyclic) bond motifs is 1. The van der Waals surface area contributed by atoms with E-state index in [-0.39, 0.29) is 11.7 Å². The third-order valence-electron chi connectivity index (χ3n) is 4.16. The second kappa shape index (κ2) is 5.33. The normalized spacial score (nSPS) is 19.4. The number of rotatable bonds is 2. The van der Waals surface area contributed by atoms with E-state index in [1.54, 1.807) is 31.3 Å². The largest absolute Gasteiger partial charge is 0.388 e. The van der Waals surface area contributed by atoms with Crippen molar-refractivity contribution >= 4 is 0 Å². The van der Waals surface area contributed by atoms with Crippen LogP contribution in [0.2, 0.25) is 0 Å². The lowest BCUT2D eigenvalue weighted by molar-refractivity contribution is 0.130. The molecule has 0 saturated carbocycles. The van der Waals surface area contributed by atoms with Gasteiger partial charge in [-0.25, -0.2) is 4.39 Å². The molecule has 1 aromatic heterocycles. The summed E-state index contributed by atoms with van der Waals surface area (Å²) in [4.78, 5) is 4.42. The maximum Gasteiger partial charge on any atom is 0.131 e. The molecule has 1 N–H and O–H groups in total. The van der Waals surface area contributed by atoms with E-state index in [9.17, 15) is 9.50 Å². The molecular formula is C17H18FNO. The summed E-state index contributed by atoms with van der Waals surface area (Å²) in [6.07, 6.45) is 3.76. The van der Waals surface area contributed by atoms with E-state index >= 15 is 0 Å². The summed E-state index contributed by atoms with van der Waals surface area (Å²) >= 11 is 0. The fourth-order valence-corrected chi connectivity index (χ4v) is 3.07. The van der Waals surface area contributed by atoms with Crippen LogP contribution in [0.5, 0.6) is 0 Å². The van der Waals surface area contributed by atoms with Crippen molar-refractivity contribution in [1.29, 1.82) is 0 Å². The number of halogens is 1. The van der Waals surface area contributed by atoms with Crippen molar-refractivity contribution < 1.29 is 9.50 Å². The molecule has 0 bridgehead atoms. The number of aryl methyl sites for hydroxylation is 2. The monoisotopic (exact) mass is 271 g/mol. The van der Waals surface area contributed by atoms with Crippen molar-refractivity contribution in [1.82, 2.24) is 4.98 Å². The van der Waals surface area contributed by atoms with Gasteiger partial charge in [-0.3, -0.25) is 4.98 Å². The summed E-state index contributed by atoms with van der Waals surface area (Å²) in [5.74, 6) is -0.417. The van der Waals surface area contributed by atoms with Crippen molar-refractivity contribution in [3.05, 3.63) is 64.7 Å². The molecule has 0 fully saturated rings. The van der Waals surface area contributed by atoms with E-state index in [0.717, 1.165) is 25.0 Å². The fourth-order valence-electron chi connectivity index (χ4n) is 3.07. The van der Waals surface area contributed by atoms with Crippen molar-refractivity contribution in [2.24, 2.45) is 0 Å². The van der Waals surface area contributed by atoms with Crippen LogP contribution in [0.25, 0.3) is 0 Å². The van der Waals surface area contributed by atoms with Gasteiger partial charge in [0, 0.05) is 23.4 Å². The van der Waals surface area contributed by atoms with E-state index in [1.807, 2.05) is 12.1 Å². The van der Waals surface area contributed by atoms with E-state index in [2.05, 4.69) is 4.98 Å². The van der Waals surface area contributed by atoms with Gasteiger partial charge in [0.05, 0.1) is 6.10 Å². The first-order valence-electron chi connectivity index (χ1n) is 7.05. The zero-order valence-corrected chi connectivity index (χ0v) is 11.5. The number of aliphatic hydroxyl groups excluding tert-OH is 1. The highest BCUT2D eigenvalue weighted by Gasteiger charge is 2.30. The minimum atomic E-state index is -0.830. The van der Waals surface area contributed by atoms with Crippen molar-refractivity contribution in [3.63, 3.8) is 0 Å². The predicted octanol–water partition coefficient (Wildman–Crippen LogP) is 3.68. The minimum Gasteiger partial charge on any atom is -0.388 e. The van der Waals surface area contributed by atoms with Crippen LogP contribution in [-0.2, 0) is 6.42 Å². The van der Waals surface area contributed by atoms with Crippen LogP contribution >= 0.6 is 0 Å². The lowest BCUT2D eigenvalue weighted by atomic mass is 9.80. The number of benzene rings is 1. The van der Waals surface area contributed by atoms with E-state index < -0.39 is 6.10 Å². The van der Waals surface area contributed by atoms with Crippen LogP contribution in [0.3, 0.4) is 0 Å². The van der Waals surface area contributed by atoms with E-state index in [1.165, 1.54) is 5.56 Å². The van der Waals surface area contributed by atoms with Gasteiger partial charge in [-0.1, -0.05) is 24.3 Å². The SMILES string of the molecule is Cc1cccc(C(O)C2CCCc3cccnc32)c1F. The first kappa shape index (κ1) is 13.3.